The van der Waals surface area contributed by atoms with Gasteiger partial charge in [-0.1, -0.05) is 6.07 Å². The summed E-state index contributed by atoms with van der Waals surface area (Å²) >= 11 is 0. The summed E-state index contributed by atoms with van der Waals surface area (Å²) in [7, 11) is 2.01. The SMILES string of the molecule is Cn1cnc(CN2CC[C@H]3[C@@H](C2)CC(C)(C)N3c2cccc(F)c2)c1. The fraction of sp³-hybridized carbons (Fsp3) is 0.550. The van der Waals surface area contributed by atoms with Crippen molar-refractivity contribution >= 4 is 5.69 Å². The molecule has 0 amide bonds. The van der Waals surface area contributed by atoms with Gasteiger partial charge in [0.2, 0.25) is 0 Å². The Hall–Kier alpha value is -1.88. The topological polar surface area (TPSA) is 24.3 Å². The second-order valence-electron chi connectivity index (χ2n) is 8.25. The van der Waals surface area contributed by atoms with Gasteiger partial charge in [-0.15, -0.1) is 0 Å². The van der Waals surface area contributed by atoms with Crippen LogP contribution in [-0.4, -0.2) is 39.1 Å². The lowest BCUT2D eigenvalue weighted by atomic mass is 9.90. The van der Waals surface area contributed by atoms with Crippen molar-refractivity contribution in [3.63, 3.8) is 0 Å². The minimum Gasteiger partial charge on any atom is -0.363 e. The highest BCUT2D eigenvalue weighted by molar-refractivity contribution is 5.52. The highest BCUT2D eigenvalue weighted by Crippen LogP contribution is 2.44. The van der Waals surface area contributed by atoms with Crippen LogP contribution in [0.25, 0.3) is 0 Å². The van der Waals surface area contributed by atoms with Gasteiger partial charge in [0.25, 0.3) is 0 Å². The first-order valence-corrected chi connectivity index (χ1v) is 9.16. The highest BCUT2D eigenvalue weighted by atomic mass is 19.1. The zero-order valence-electron chi connectivity index (χ0n) is 15.3. The van der Waals surface area contributed by atoms with Crippen molar-refractivity contribution in [1.82, 2.24) is 14.5 Å². The third-order valence-corrected chi connectivity index (χ3v) is 5.75. The van der Waals surface area contributed by atoms with Gasteiger partial charge in [0.05, 0.1) is 12.0 Å². The molecule has 2 aliphatic rings. The van der Waals surface area contributed by atoms with Crippen LogP contribution in [0.3, 0.4) is 0 Å². The molecule has 3 heterocycles. The Morgan fingerprint density at radius 3 is 2.88 bits per heavy atom. The molecule has 2 fully saturated rings. The number of piperidine rings is 1. The van der Waals surface area contributed by atoms with Crippen LogP contribution in [-0.2, 0) is 13.6 Å². The molecule has 25 heavy (non-hydrogen) atoms. The highest BCUT2D eigenvalue weighted by Gasteiger charge is 2.48. The molecule has 1 aromatic carbocycles. The molecule has 0 saturated carbocycles. The summed E-state index contributed by atoms with van der Waals surface area (Å²) in [5.74, 6) is 0.472. The molecule has 2 saturated heterocycles. The largest absolute Gasteiger partial charge is 0.363 e. The summed E-state index contributed by atoms with van der Waals surface area (Å²) in [6.07, 6.45) is 6.24. The zero-order chi connectivity index (χ0) is 17.6. The summed E-state index contributed by atoms with van der Waals surface area (Å²) in [6, 6.07) is 7.58. The van der Waals surface area contributed by atoms with Gasteiger partial charge in [0.1, 0.15) is 5.82 Å². The fourth-order valence-corrected chi connectivity index (χ4v) is 4.91. The molecule has 0 aliphatic carbocycles. The van der Waals surface area contributed by atoms with E-state index in [4.69, 9.17) is 0 Å². The maximum Gasteiger partial charge on any atom is 0.125 e. The molecule has 4 nitrogen and oxygen atoms in total. The number of aromatic nitrogens is 2. The van der Waals surface area contributed by atoms with Gasteiger partial charge in [0.15, 0.2) is 0 Å². The lowest BCUT2D eigenvalue weighted by molar-refractivity contribution is 0.159. The van der Waals surface area contributed by atoms with E-state index < -0.39 is 0 Å². The van der Waals surface area contributed by atoms with Gasteiger partial charge in [0, 0.05) is 50.1 Å². The molecular formula is C20H27FN4. The predicted octanol–water partition coefficient (Wildman–Crippen LogP) is 3.44. The summed E-state index contributed by atoms with van der Waals surface area (Å²) in [5.41, 5.74) is 2.22. The molecule has 0 N–H and O–H groups in total. The first kappa shape index (κ1) is 16.6. The molecule has 0 bridgehead atoms. The average molecular weight is 342 g/mol. The second kappa shape index (κ2) is 6.13. The molecule has 4 rings (SSSR count). The summed E-state index contributed by atoms with van der Waals surface area (Å²) in [4.78, 5) is 9.46. The number of anilines is 1. The van der Waals surface area contributed by atoms with Crippen LogP contribution in [0.5, 0.6) is 0 Å². The normalized spacial score (nSPS) is 26.0. The van der Waals surface area contributed by atoms with Gasteiger partial charge >= 0.3 is 0 Å². The minimum atomic E-state index is -0.149. The average Bonchev–Trinajstić information content (AvgIpc) is 3.05. The zero-order valence-corrected chi connectivity index (χ0v) is 15.3. The molecule has 2 atom stereocenters. The van der Waals surface area contributed by atoms with Crippen molar-refractivity contribution in [3.8, 4) is 0 Å². The van der Waals surface area contributed by atoms with Crippen molar-refractivity contribution in [2.45, 2.75) is 44.8 Å². The Morgan fingerprint density at radius 2 is 2.16 bits per heavy atom. The van der Waals surface area contributed by atoms with Crippen LogP contribution in [0, 0.1) is 11.7 Å². The molecule has 2 aromatic rings. The Kier molecular flexibility index (Phi) is 4.07. The monoisotopic (exact) mass is 342 g/mol. The Morgan fingerprint density at radius 1 is 1.32 bits per heavy atom. The molecule has 0 unspecified atom stereocenters. The van der Waals surface area contributed by atoms with Crippen LogP contribution >= 0.6 is 0 Å². The van der Waals surface area contributed by atoms with Gasteiger partial charge < -0.3 is 9.47 Å². The van der Waals surface area contributed by atoms with E-state index in [1.54, 1.807) is 6.07 Å². The van der Waals surface area contributed by atoms with Crippen molar-refractivity contribution in [2.24, 2.45) is 13.0 Å². The van der Waals surface area contributed by atoms with Crippen molar-refractivity contribution in [1.29, 1.82) is 0 Å². The van der Waals surface area contributed by atoms with E-state index in [1.807, 2.05) is 30.1 Å². The Balaban J connectivity index is 1.51. The first-order chi connectivity index (χ1) is 11.9. The Bertz CT molecular complexity index is 754. The summed E-state index contributed by atoms with van der Waals surface area (Å²) < 4.78 is 15.8. The van der Waals surface area contributed by atoms with Crippen LogP contribution in [0.15, 0.2) is 36.8 Å². The van der Waals surface area contributed by atoms with Crippen LogP contribution in [0.2, 0.25) is 0 Å². The van der Waals surface area contributed by atoms with E-state index in [0.717, 1.165) is 43.9 Å². The number of rotatable bonds is 3. The molecule has 5 heteroatoms. The number of nitrogens with zero attached hydrogens (tertiary/aromatic N) is 4. The number of likely N-dealkylation sites (tertiary alicyclic amines) is 1. The number of imidazole rings is 1. The lowest BCUT2D eigenvalue weighted by Gasteiger charge is -2.41. The minimum absolute atomic E-state index is 0.0597. The molecule has 2 aliphatic heterocycles. The molecule has 0 spiro atoms. The van der Waals surface area contributed by atoms with Gasteiger partial charge in [-0.25, -0.2) is 9.37 Å². The number of benzene rings is 1. The Labute approximate surface area is 149 Å². The van der Waals surface area contributed by atoms with Crippen molar-refractivity contribution in [3.05, 3.63) is 48.3 Å². The second-order valence-corrected chi connectivity index (χ2v) is 8.25. The van der Waals surface area contributed by atoms with Crippen molar-refractivity contribution < 1.29 is 4.39 Å². The maximum atomic E-state index is 13.8. The summed E-state index contributed by atoms with van der Waals surface area (Å²) in [6.45, 7) is 7.67. The van der Waals surface area contributed by atoms with E-state index in [2.05, 4.69) is 34.8 Å². The number of halogens is 1. The number of aryl methyl sites for hydroxylation is 1. The molecular weight excluding hydrogens is 315 g/mol. The summed E-state index contributed by atoms with van der Waals surface area (Å²) in [5, 5.41) is 0. The van der Waals surface area contributed by atoms with Crippen LogP contribution in [0.4, 0.5) is 10.1 Å². The number of hydrogen-bond acceptors (Lipinski definition) is 3. The third-order valence-electron chi connectivity index (χ3n) is 5.75. The van der Waals surface area contributed by atoms with E-state index in [0.29, 0.717) is 12.0 Å². The quantitative estimate of drug-likeness (QED) is 0.854. The van der Waals surface area contributed by atoms with E-state index >= 15 is 0 Å². The maximum absolute atomic E-state index is 13.8. The van der Waals surface area contributed by atoms with E-state index in [1.165, 1.54) is 6.07 Å². The van der Waals surface area contributed by atoms with Crippen molar-refractivity contribution in [2.75, 3.05) is 18.0 Å². The predicted molar refractivity (Wildman–Crippen MR) is 98.0 cm³/mol. The van der Waals surface area contributed by atoms with Crippen LogP contribution < -0.4 is 4.90 Å². The molecule has 1 aromatic heterocycles. The third kappa shape index (κ3) is 3.17. The first-order valence-electron chi connectivity index (χ1n) is 9.16. The fourth-order valence-electron chi connectivity index (χ4n) is 4.91. The smallest absolute Gasteiger partial charge is 0.125 e. The van der Waals surface area contributed by atoms with Gasteiger partial charge in [-0.3, -0.25) is 4.90 Å². The lowest BCUT2D eigenvalue weighted by Crippen LogP contribution is -2.48. The van der Waals surface area contributed by atoms with Crippen LogP contribution in [0.1, 0.15) is 32.4 Å². The molecule has 0 radical (unpaired) electrons. The van der Waals surface area contributed by atoms with E-state index in [9.17, 15) is 4.39 Å². The van der Waals surface area contributed by atoms with Gasteiger partial charge in [-0.05, 0) is 50.8 Å². The number of hydrogen-bond donors (Lipinski definition) is 0. The molecule has 134 valence electrons. The van der Waals surface area contributed by atoms with E-state index in [-0.39, 0.29) is 11.4 Å². The standard InChI is InChI=1S/C20H27FN4/c1-20(2)10-15-11-24(13-17-12-23(3)14-22-17)8-7-19(15)25(20)18-6-4-5-16(21)9-18/h4-6,9,12,14-15,19H,7-8,10-11,13H2,1-3H3/t15-,19+/m1/s1. The van der Waals surface area contributed by atoms with Gasteiger partial charge in [-0.2, -0.15) is 0 Å². The number of fused-ring (bicyclic) bond motifs is 1.